The van der Waals surface area contributed by atoms with Gasteiger partial charge in [-0.1, -0.05) is 6.92 Å². The third kappa shape index (κ3) is 4.20. The lowest BCUT2D eigenvalue weighted by atomic mass is 9.89. The summed E-state index contributed by atoms with van der Waals surface area (Å²) >= 11 is 1.23. The number of anilines is 1. The van der Waals surface area contributed by atoms with Crippen LogP contribution in [0.2, 0.25) is 0 Å². The number of carbonyl (C=O) groups is 2. The van der Waals surface area contributed by atoms with Crippen LogP contribution < -0.4 is 10.6 Å². The van der Waals surface area contributed by atoms with Crippen LogP contribution in [0, 0.1) is 6.92 Å². The summed E-state index contributed by atoms with van der Waals surface area (Å²) in [5, 5.41) is 16.4. The Hall–Kier alpha value is -2.52. The predicted octanol–water partition coefficient (Wildman–Crippen LogP) is 3.74. The zero-order valence-corrected chi connectivity index (χ0v) is 20.8. The van der Waals surface area contributed by atoms with Gasteiger partial charge in [0.1, 0.15) is 11.5 Å². The molecule has 2 aliphatic heterocycles. The first kappa shape index (κ1) is 23.2. The van der Waals surface area contributed by atoms with Gasteiger partial charge in [-0.3, -0.25) is 9.59 Å². The Balaban J connectivity index is 1.49. The lowest BCUT2D eigenvalue weighted by Crippen LogP contribution is -2.50. The Morgan fingerprint density at radius 1 is 1.21 bits per heavy atom. The van der Waals surface area contributed by atoms with Gasteiger partial charge in [-0.2, -0.15) is 0 Å². The second kappa shape index (κ2) is 9.26. The fourth-order valence-electron chi connectivity index (χ4n) is 5.22. The summed E-state index contributed by atoms with van der Waals surface area (Å²) in [5.74, 6) is 0.377. The van der Waals surface area contributed by atoms with Crippen molar-refractivity contribution in [2.24, 2.45) is 0 Å². The quantitative estimate of drug-likeness (QED) is 0.554. The van der Waals surface area contributed by atoms with E-state index in [1.165, 1.54) is 11.3 Å². The molecule has 3 atom stereocenters. The molecule has 0 unspecified atom stereocenters. The summed E-state index contributed by atoms with van der Waals surface area (Å²) in [4.78, 5) is 38.5. The van der Waals surface area contributed by atoms with E-state index in [2.05, 4.69) is 34.4 Å². The van der Waals surface area contributed by atoms with Crippen molar-refractivity contribution in [2.45, 2.75) is 96.0 Å². The molecule has 3 N–H and O–H groups in total. The van der Waals surface area contributed by atoms with Crippen LogP contribution in [0.25, 0.3) is 10.4 Å². The van der Waals surface area contributed by atoms with E-state index < -0.39 is 6.10 Å². The molecular weight excluding hydrogens is 450 g/mol. The molecule has 1 saturated carbocycles. The fourth-order valence-corrected chi connectivity index (χ4v) is 6.25. The zero-order valence-electron chi connectivity index (χ0n) is 20.0. The van der Waals surface area contributed by atoms with Gasteiger partial charge in [0.25, 0.3) is 11.8 Å². The van der Waals surface area contributed by atoms with Gasteiger partial charge in [0, 0.05) is 29.9 Å². The molecule has 2 bridgehead atoms. The van der Waals surface area contributed by atoms with Crippen LogP contribution in [0.3, 0.4) is 0 Å². The Labute approximate surface area is 204 Å². The van der Waals surface area contributed by atoms with E-state index in [1.807, 2.05) is 17.9 Å². The van der Waals surface area contributed by atoms with Crippen molar-refractivity contribution in [1.29, 1.82) is 0 Å². The number of rotatable bonds is 7. The summed E-state index contributed by atoms with van der Waals surface area (Å²) in [6, 6.07) is 2.59. The van der Waals surface area contributed by atoms with Crippen molar-refractivity contribution in [2.75, 3.05) is 5.32 Å². The molecule has 3 aliphatic rings. The monoisotopic (exact) mass is 483 g/mol. The number of hydrogen-bond donors (Lipinski definition) is 3. The van der Waals surface area contributed by atoms with Gasteiger partial charge >= 0.3 is 0 Å². The van der Waals surface area contributed by atoms with Gasteiger partial charge in [-0.05, 0) is 70.4 Å². The van der Waals surface area contributed by atoms with Gasteiger partial charge in [0.15, 0.2) is 5.01 Å². The smallest absolute Gasteiger partial charge is 0.280 e. The molecule has 0 radical (unpaired) electrons. The number of aliphatic hydroxyl groups excluding tert-OH is 1. The number of aliphatic hydroxyl groups is 1. The first-order valence-electron chi connectivity index (χ1n) is 12.4. The molecular formula is C25H33N5O3S. The summed E-state index contributed by atoms with van der Waals surface area (Å²) in [7, 11) is 0. The molecule has 2 aromatic heterocycles. The molecule has 8 nitrogen and oxygen atoms in total. The van der Waals surface area contributed by atoms with Crippen LogP contribution in [0.4, 0.5) is 5.82 Å². The number of aryl methyl sites for hydroxylation is 1. The summed E-state index contributed by atoms with van der Waals surface area (Å²) in [5.41, 5.74) is 2.14. The number of aromatic nitrogens is 2. The van der Waals surface area contributed by atoms with Crippen molar-refractivity contribution in [3.8, 4) is 10.4 Å². The first-order chi connectivity index (χ1) is 16.4. The molecule has 2 amide bonds. The summed E-state index contributed by atoms with van der Waals surface area (Å²) in [6.45, 7) is 6.23. The van der Waals surface area contributed by atoms with Gasteiger partial charge in [0.05, 0.1) is 17.0 Å². The predicted molar refractivity (Wildman–Crippen MR) is 132 cm³/mol. The highest BCUT2D eigenvalue weighted by Gasteiger charge is 2.44. The number of pyridine rings is 1. The third-order valence-corrected chi connectivity index (χ3v) is 8.72. The van der Waals surface area contributed by atoms with E-state index in [0.717, 1.165) is 55.5 Å². The van der Waals surface area contributed by atoms with Crippen molar-refractivity contribution in [3.63, 3.8) is 0 Å². The lowest BCUT2D eigenvalue weighted by molar-refractivity contribution is 0.0447. The maximum absolute atomic E-state index is 13.7. The largest absolute Gasteiger partial charge is 0.391 e. The fraction of sp³-hybridized carbons (Fsp3) is 0.600. The maximum atomic E-state index is 13.7. The van der Waals surface area contributed by atoms with Crippen molar-refractivity contribution >= 4 is 29.0 Å². The molecule has 4 heterocycles. The standard InChI is InChI=1S/C25H33N5O3S/c1-4-14(3)27-20-11-13(2)17(12-26-20)22-21(25(33)30-15-5-6-16(30)8-7-15)29-24(34-22)23(32)28-18-9-10-19(18)31/h11-12,14-16,18-19,31H,4-10H2,1-3H3,(H,26,27)(H,28,32)/t14-,15?,16?,18-,19+/m1/s1. The number of nitrogens with zero attached hydrogens (tertiary/aromatic N) is 3. The van der Waals surface area contributed by atoms with E-state index in [9.17, 15) is 14.7 Å². The van der Waals surface area contributed by atoms with Crippen molar-refractivity contribution in [1.82, 2.24) is 20.2 Å². The number of hydrogen-bond acceptors (Lipinski definition) is 7. The molecule has 3 fully saturated rings. The summed E-state index contributed by atoms with van der Waals surface area (Å²) in [6.07, 6.45) is 7.86. The van der Waals surface area contributed by atoms with E-state index in [4.69, 9.17) is 0 Å². The number of nitrogens with one attached hydrogen (secondary N) is 2. The van der Waals surface area contributed by atoms with Crippen molar-refractivity contribution < 1.29 is 14.7 Å². The van der Waals surface area contributed by atoms with E-state index in [0.29, 0.717) is 23.0 Å². The van der Waals surface area contributed by atoms with E-state index >= 15 is 0 Å². The normalized spacial score (nSPS) is 26.3. The molecule has 0 spiro atoms. The average molecular weight is 484 g/mol. The van der Waals surface area contributed by atoms with E-state index in [-0.39, 0.29) is 34.9 Å². The third-order valence-electron chi connectivity index (χ3n) is 7.63. The number of amides is 2. The SMILES string of the molecule is CC[C@@H](C)Nc1cc(C)c(-c2sc(C(=O)N[C@@H]3CC[C@@H]3O)nc2C(=O)N2C3CCC2CC3)cn1. The van der Waals surface area contributed by atoms with Crippen LogP contribution >= 0.6 is 11.3 Å². The Kier molecular flexibility index (Phi) is 6.33. The Morgan fingerprint density at radius 2 is 1.91 bits per heavy atom. The second-order valence-electron chi connectivity index (χ2n) is 9.93. The minimum Gasteiger partial charge on any atom is -0.391 e. The zero-order chi connectivity index (χ0) is 24.0. The Morgan fingerprint density at radius 3 is 2.47 bits per heavy atom. The van der Waals surface area contributed by atoms with Crippen molar-refractivity contribution in [3.05, 3.63) is 28.5 Å². The molecule has 0 aromatic carbocycles. The van der Waals surface area contributed by atoms with Crippen LogP contribution in [0.5, 0.6) is 0 Å². The average Bonchev–Trinajstić information content (AvgIpc) is 3.55. The van der Waals surface area contributed by atoms with Gasteiger partial charge in [-0.25, -0.2) is 9.97 Å². The maximum Gasteiger partial charge on any atom is 0.280 e. The van der Waals surface area contributed by atoms with Crippen LogP contribution in [-0.2, 0) is 0 Å². The number of fused-ring (bicyclic) bond motifs is 2. The molecule has 2 saturated heterocycles. The van der Waals surface area contributed by atoms with Gasteiger partial charge in [-0.15, -0.1) is 11.3 Å². The topological polar surface area (TPSA) is 107 Å². The molecule has 2 aromatic rings. The second-order valence-corrected chi connectivity index (χ2v) is 10.9. The number of thiazole rings is 1. The minimum atomic E-state index is -0.512. The molecule has 182 valence electrons. The minimum absolute atomic E-state index is 0.0832. The van der Waals surface area contributed by atoms with Crippen LogP contribution in [-0.4, -0.2) is 62.1 Å². The van der Waals surface area contributed by atoms with Gasteiger partial charge in [0.2, 0.25) is 0 Å². The highest BCUT2D eigenvalue weighted by Crippen LogP contribution is 2.41. The van der Waals surface area contributed by atoms with Crippen LogP contribution in [0.1, 0.15) is 84.6 Å². The first-order valence-corrected chi connectivity index (χ1v) is 13.2. The molecule has 9 heteroatoms. The highest BCUT2D eigenvalue weighted by atomic mass is 32.1. The highest BCUT2D eigenvalue weighted by molar-refractivity contribution is 7.17. The molecule has 34 heavy (non-hydrogen) atoms. The molecule has 5 rings (SSSR count). The molecule has 1 aliphatic carbocycles. The lowest BCUT2D eigenvalue weighted by Gasteiger charge is -2.32. The van der Waals surface area contributed by atoms with Crippen LogP contribution in [0.15, 0.2) is 12.3 Å². The summed E-state index contributed by atoms with van der Waals surface area (Å²) < 4.78 is 0. The Bertz CT molecular complexity index is 1080. The van der Waals surface area contributed by atoms with E-state index in [1.54, 1.807) is 6.20 Å². The van der Waals surface area contributed by atoms with Gasteiger partial charge < -0.3 is 20.6 Å². The number of carbonyl (C=O) groups excluding carboxylic acids is 2.